The summed E-state index contributed by atoms with van der Waals surface area (Å²) in [6.45, 7) is 2.89. The molecule has 2 aromatic carbocycles. The predicted octanol–water partition coefficient (Wildman–Crippen LogP) is 4.30. The van der Waals surface area contributed by atoms with Crippen molar-refractivity contribution in [2.75, 3.05) is 7.11 Å². The first-order valence-electron chi connectivity index (χ1n) is 8.39. The summed E-state index contributed by atoms with van der Waals surface area (Å²) in [5.74, 6) is 1.82. The van der Waals surface area contributed by atoms with E-state index in [1.807, 2.05) is 59.4 Å². The van der Waals surface area contributed by atoms with Crippen molar-refractivity contribution in [3.8, 4) is 39.8 Å². The van der Waals surface area contributed by atoms with Crippen LogP contribution in [0.1, 0.15) is 6.92 Å². The Kier molecular flexibility index (Phi) is 4.23. The molecule has 4 aromatic rings. The average molecular weight is 346 g/mol. The zero-order valence-corrected chi connectivity index (χ0v) is 14.6. The molecule has 0 bridgehead atoms. The molecule has 4 rings (SSSR count). The van der Waals surface area contributed by atoms with Crippen LogP contribution in [-0.2, 0) is 6.54 Å². The lowest BCUT2D eigenvalue weighted by Gasteiger charge is -2.05. The van der Waals surface area contributed by atoms with Crippen LogP contribution in [0.2, 0.25) is 0 Å². The zero-order valence-electron chi connectivity index (χ0n) is 14.6. The summed E-state index contributed by atoms with van der Waals surface area (Å²) in [7, 11) is 1.64. The summed E-state index contributed by atoms with van der Waals surface area (Å²) in [4.78, 5) is 4.53. The van der Waals surface area contributed by atoms with Gasteiger partial charge in [-0.3, -0.25) is 4.68 Å². The Labute approximate surface area is 151 Å². The molecule has 6 nitrogen and oxygen atoms in total. The summed E-state index contributed by atoms with van der Waals surface area (Å²) >= 11 is 0. The summed E-state index contributed by atoms with van der Waals surface area (Å²) in [5.41, 5.74) is 3.88. The molecule has 130 valence electrons. The van der Waals surface area contributed by atoms with Crippen molar-refractivity contribution in [1.82, 2.24) is 19.9 Å². The van der Waals surface area contributed by atoms with Crippen molar-refractivity contribution < 1.29 is 9.26 Å². The quantitative estimate of drug-likeness (QED) is 0.539. The highest BCUT2D eigenvalue weighted by Crippen LogP contribution is 2.27. The second-order valence-corrected chi connectivity index (χ2v) is 5.76. The van der Waals surface area contributed by atoms with Crippen LogP contribution in [0.25, 0.3) is 34.1 Å². The molecule has 0 spiro atoms. The Balaban J connectivity index is 1.66. The molecule has 2 aromatic heterocycles. The standard InChI is InChI=1S/C20H18N4O2/c1-3-24-18(11-12-21-24)15-5-4-6-16(13-15)19-22-20(26-23-19)14-7-9-17(25-2)10-8-14/h4-13H,3H2,1-2H3. The third-order valence-corrected chi connectivity index (χ3v) is 4.20. The SMILES string of the molecule is CCn1nccc1-c1cccc(-c2noc(-c3ccc(OC)cc3)n2)c1. The monoisotopic (exact) mass is 346 g/mol. The first-order valence-corrected chi connectivity index (χ1v) is 8.39. The minimum absolute atomic E-state index is 0.478. The van der Waals surface area contributed by atoms with Crippen LogP contribution in [0.5, 0.6) is 5.75 Å². The molecule has 0 radical (unpaired) electrons. The zero-order chi connectivity index (χ0) is 17.9. The minimum Gasteiger partial charge on any atom is -0.497 e. The Morgan fingerprint density at radius 2 is 1.81 bits per heavy atom. The number of benzene rings is 2. The topological polar surface area (TPSA) is 66.0 Å². The molecule has 0 unspecified atom stereocenters. The Morgan fingerprint density at radius 3 is 2.58 bits per heavy atom. The fraction of sp³-hybridized carbons (Fsp3) is 0.150. The van der Waals surface area contributed by atoms with Crippen molar-refractivity contribution in [1.29, 1.82) is 0 Å². The van der Waals surface area contributed by atoms with Crippen LogP contribution in [-0.4, -0.2) is 27.0 Å². The lowest BCUT2D eigenvalue weighted by molar-refractivity contribution is 0.414. The van der Waals surface area contributed by atoms with Gasteiger partial charge in [-0.25, -0.2) is 0 Å². The van der Waals surface area contributed by atoms with Gasteiger partial charge in [0.1, 0.15) is 5.75 Å². The van der Waals surface area contributed by atoms with Crippen molar-refractivity contribution in [3.05, 3.63) is 60.8 Å². The third kappa shape index (κ3) is 2.97. The van der Waals surface area contributed by atoms with E-state index in [-0.39, 0.29) is 0 Å². The summed E-state index contributed by atoms with van der Waals surface area (Å²) in [5, 5.41) is 8.46. The van der Waals surface area contributed by atoms with Crippen LogP contribution in [0, 0.1) is 0 Å². The maximum Gasteiger partial charge on any atom is 0.258 e. The van der Waals surface area contributed by atoms with E-state index < -0.39 is 0 Å². The third-order valence-electron chi connectivity index (χ3n) is 4.20. The Bertz CT molecular complexity index is 1020. The molecule has 0 saturated heterocycles. The molecule has 0 N–H and O–H groups in total. The van der Waals surface area contributed by atoms with E-state index in [0.717, 1.165) is 34.7 Å². The van der Waals surface area contributed by atoms with Crippen LogP contribution in [0.15, 0.2) is 65.3 Å². The maximum absolute atomic E-state index is 5.43. The van der Waals surface area contributed by atoms with Gasteiger partial charge in [0.05, 0.1) is 12.8 Å². The fourth-order valence-corrected chi connectivity index (χ4v) is 2.84. The van der Waals surface area contributed by atoms with E-state index in [1.165, 1.54) is 0 Å². The first-order chi connectivity index (χ1) is 12.8. The maximum atomic E-state index is 5.43. The predicted molar refractivity (Wildman–Crippen MR) is 98.6 cm³/mol. The van der Waals surface area contributed by atoms with Crippen molar-refractivity contribution >= 4 is 0 Å². The van der Waals surface area contributed by atoms with Gasteiger partial charge in [-0.05, 0) is 43.3 Å². The second kappa shape index (κ2) is 6.84. The number of aromatic nitrogens is 4. The van der Waals surface area contributed by atoms with Crippen molar-refractivity contribution in [2.24, 2.45) is 0 Å². The highest BCUT2D eigenvalue weighted by molar-refractivity contribution is 5.68. The molecule has 0 amide bonds. The molecule has 0 fully saturated rings. The van der Waals surface area contributed by atoms with E-state index in [0.29, 0.717) is 11.7 Å². The van der Waals surface area contributed by atoms with E-state index in [9.17, 15) is 0 Å². The van der Waals surface area contributed by atoms with Gasteiger partial charge in [0.15, 0.2) is 0 Å². The normalized spacial score (nSPS) is 10.8. The van der Waals surface area contributed by atoms with Crippen LogP contribution in [0.4, 0.5) is 0 Å². The number of aryl methyl sites for hydroxylation is 1. The molecule has 6 heteroatoms. The lowest BCUT2D eigenvalue weighted by atomic mass is 10.1. The van der Waals surface area contributed by atoms with Gasteiger partial charge in [-0.1, -0.05) is 23.4 Å². The molecule has 0 aliphatic heterocycles. The number of ether oxygens (including phenoxy) is 1. The smallest absolute Gasteiger partial charge is 0.258 e. The molecular formula is C20H18N4O2. The van der Waals surface area contributed by atoms with Crippen LogP contribution in [0.3, 0.4) is 0 Å². The number of nitrogens with zero attached hydrogens (tertiary/aromatic N) is 4. The average Bonchev–Trinajstić information content (AvgIpc) is 3.37. The van der Waals surface area contributed by atoms with Gasteiger partial charge in [-0.15, -0.1) is 0 Å². The van der Waals surface area contributed by atoms with Gasteiger partial charge >= 0.3 is 0 Å². The minimum atomic E-state index is 0.478. The lowest BCUT2D eigenvalue weighted by Crippen LogP contribution is -1.98. The highest BCUT2D eigenvalue weighted by atomic mass is 16.5. The van der Waals surface area contributed by atoms with E-state index in [2.05, 4.69) is 28.2 Å². The molecular weight excluding hydrogens is 328 g/mol. The van der Waals surface area contributed by atoms with E-state index in [4.69, 9.17) is 9.26 Å². The van der Waals surface area contributed by atoms with E-state index >= 15 is 0 Å². The molecule has 0 aliphatic rings. The summed E-state index contributed by atoms with van der Waals surface area (Å²) < 4.78 is 12.6. The Morgan fingerprint density at radius 1 is 1.00 bits per heavy atom. The molecule has 26 heavy (non-hydrogen) atoms. The van der Waals surface area contributed by atoms with Gasteiger partial charge < -0.3 is 9.26 Å². The second-order valence-electron chi connectivity index (χ2n) is 5.76. The van der Waals surface area contributed by atoms with E-state index in [1.54, 1.807) is 7.11 Å². The molecule has 0 atom stereocenters. The van der Waals surface area contributed by atoms with Gasteiger partial charge in [-0.2, -0.15) is 10.1 Å². The van der Waals surface area contributed by atoms with Gasteiger partial charge in [0.25, 0.3) is 5.89 Å². The number of methoxy groups -OCH3 is 1. The molecule has 0 saturated carbocycles. The largest absolute Gasteiger partial charge is 0.497 e. The Hall–Kier alpha value is -3.41. The van der Waals surface area contributed by atoms with Gasteiger partial charge in [0, 0.05) is 29.4 Å². The number of rotatable bonds is 5. The fourth-order valence-electron chi connectivity index (χ4n) is 2.84. The highest BCUT2D eigenvalue weighted by Gasteiger charge is 2.12. The molecule has 0 aliphatic carbocycles. The summed E-state index contributed by atoms with van der Waals surface area (Å²) in [6.07, 6.45) is 1.81. The number of hydrogen-bond acceptors (Lipinski definition) is 5. The van der Waals surface area contributed by atoms with Crippen molar-refractivity contribution in [3.63, 3.8) is 0 Å². The first kappa shape index (κ1) is 16.1. The number of hydrogen-bond donors (Lipinski definition) is 0. The van der Waals surface area contributed by atoms with Crippen LogP contribution < -0.4 is 4.74 Å². The van der Waals surface area contributed by atoms with Crippen LogP contribution >= 0.6 is 0 Å². The van der Waals surface area contributed by atoms with Crippen molar-refractivity contribution in [2.45, 2.75) is 13.5 Å². The molecule has 2 heterocycles. The summed E-state index contributed by atoms with van der Waals surface area (Å²) in [6, 6.07) is 17.6. The van der Waals surface area contributed by atoms with Gasteiger partial charge in [0.2, 0.25) is 5.82 Å².